The van der Waals surface area contributed by atoms with E-state index in [1.807, 2.05) is 13.8 Å². The molecule has 1 N–H and O–H groups in total. The largest absolute Gasteiger partial charge is 0.462 e. The molecule has 0 bridgehead atoms. The number of nitrogens with one attached hydrogen (secondary N) is 1. The Morgan fingerprint density at radius 1 is 1.29 bits per heavy atom. The van der Waals surface area contributed by atoms with Crippen molar-refractivity contribution in [1.29, 1.82) is 0 Å². The maximum Gasteiger partial charge on any atom is 0.324 e. The molecule has 0 radical (unpaired) electrons. The van der Waals surface area contributed by atoms with E-state index in [2.05, 4.69) is 26.2 Å². The SMILES string of the molecule is C#CCCOc1nc(NC)nc(OC(C)C)n1. The van der Waals surface area contributed by atoms with E-state index >= 15 is 0 Å². The lowest BCUT2D eigenvalue weighted by molar-refractivity contribution is 0.214. The maximum atomic E-state index is 5.38. The number of ether oxygens (including phenoxy) is 2. The Morgan fingerprint density at radius 3 is 2.59 bits per heavy atom. The summed E-state index contributed by atoms with van der Waals surface area (Å²) < 4.78 is 10.7. The lowest BCUT2D eigenvalue weighted by atomic mass is 10.5. The van der Waals surface area contributed by atoms with Crippen LogP contribution in [0.2, 0.25) is 0 Å². The molecule has 0 aliphatic carbocycles. The zero-order valence-electron chi connectivity index (χ0n) is 10.2. The summed E-state index contributed by atoms with van der Waals surface area (Å²) in [5.74, 6) is 2.87. The van der Waals surface area contributed by atoms with Gasteiger partial charge >= 0.3 is 12.0 Å². The molecule has 0 amide bonds. The Morgan fingerprint density at radius 2 is 2.00 bits per heavy atom. The van der Waals surface area contributed by atoms with Crippen molar-refractivity contribution < 1.29 is 9.47 Å². The normalized spacial score (nSPS) is 9.82. The second kappa shape index (κ2) is 6.53. The van der Waals surface area contributed by atoms with Gasteiger partial charge in [0.2, 0.25) is 5.95 Å². The molecule has 0 spiro atoms. The van der Waals surface area contributed by atoms with Crippen LogP contribution in [0.15, 0.2) is 0 Å². The quantitative estimate of drug-likeness (QED) is 0.589. The molecule has 0 unspecified atom stereocenters. The van der Waals surface area contributed by atoms with E-state index in [0.717, 1.165) is 0 Å². The summed E-state index contributed by atoms with van der Waals surface area (Å²) in [5, 5.41) is 2.81. The average molecular weight is 236 g/mol. The first-order chi connectivity index (χ1) is 8.15. The predicted octanol–water partition coefficient (Wildman–Crippen LogP) is 1.10. The molecule has 0 aliphatic heterocycles. The van der Waals surface area contributed by atoms with Gasteiger partial charge in [0.05, 0.1) is 6.10 Å². The van der Waals surface area contributed by atoms with Crippen LogP contribution in [0.4, 0.5) is 5.95 Å². The molecule has 0 atom stereocenters. The summed E-state index contributed by atoms with van der Waals surface area (Å²) in [7, 11) is 1.71. The molecule has 0 saturated carbocycles. The van der Waals surface area contributed by atoms with Crippen molar-refractivity contribution in [2.24, 2.45) is 0 Å². The first-order valence-corrected chi connectivity index (χ1v) is 5.32. The lowest BCUT2D eigenvalue weighted by Gasteiger charge is -2.10. The van der Waals surface area contributed by atoms with Crippen molar-refractivity contribution in [1.82, 2.24) is 15.0 Å². The van der Waals surface area contributed by atoms with Crippen LogP contribution in [0.25, 0.3) is 0 Å². The molecule has 0 aromatic carbocycles. The fraction of sp³-hybridized carbons (Fsp3) is 0.545. The van der Waals surface area contributed by atoms with Crippen LogP contribution in [0.3, 0.4) is 0 Å². The highest BCUT2D eigenvalue weighted by Gasteiger charge is 2.08. The highest BCUT2D eigenvalue weighted by molar-refractivity contribution is 5.26. The van der Waals surface area contributed by atoms with Crippen LogP contribution in [0.1, 0.15) is 20.3 Å². The fourth-order valence-electron chi connectivity index (χ4n) is 0.979. The van der Waals surface area contributed by atoms with Crippen molar-refractivity contribution in [2.75, 3.05) is 19.0 Å². The van der Waals surface area contributed by atoms with Gasteiger partial charge in [-0.15, -0.1) is 17.3 Å². The number of rotatable bonds is 6. The second-order valence-electron chi connectivity index (χ2n) is 3.44. The zero-order valence-corrected chi connectivity index (χ0v) is 10.2. The first kappa shape index (κ1) is 13.0. The molecule has 6 nitrogen and oxygen atoms in total. The van der Waals surface area contributed by atoms with Crippen LogP contribution in [0.5, 0.6) is 12.0 Å². The highest BCUT2D eigenvalue weighted by atomic mass is 16.5. The standard InChI is InChI=1S/C11H16N4O2/c1-5-6-7-16-10-13-9(12-4)14-11(15-10)17-8(2)3/h1,8H,6-7H2,2-4H3,(H,12,13,14,15). The molecule has 92 valence electrons. The molecule has 1 heterocycles. The van der Waals surface area contributed by atoms with Gasteiger partial charge < -0.3 is 14.8 Å². The Kier molecular flexibility index (Phi) is 5.01. The smallest absolute Gasteiger partial charge is 0.324 e. The van der Waals surface area contributed by atoms with Gasteiger partial charge in [0.1, 0.15) is 6.61 Å². The molecule has 17 heavy (non-hydrogen) atoms. The number of hydrogen-bond acceptors (Lipinski definition) is 6. The Hall–Kier alpha value is -2.03. The van der Waals surface area contributed by atoms with E-state index in [1.54, 1.807) is 7.05 Å². The van der Waals surface area contributed by atoms with Gasteiger partial charge in [-0.1, -0.05) is 0 Å². The van der Waals surface area contributed by atoms with E-state index in [0.29, 0.717) is 19.0 Å². The molecule has 1 aromatic heterocycles. The summed E-state index contributed by atoms with van der Waals surface area (Å²) in [6.07, 6.45) is 5.61. The van der Waals surface area contributed by atoms with Crippen LogP contribution < -0.4 is 14.8 Å². The minimum Gasteiger partial charge on any atom is -0.462 e. The van der Waals surface area contributed by atoms with E-state index < -0.39 is 0 Å². The molecular formula is C11H16N4O2. The Balaban J connectivity index is 2.78. The van der Waals surface area contributed by atoms with E-state index in [-0.39, 0.29) is 18.1 Å². The molecule has 0 fully saturated rings. The van der Waals surface area contributed by atoms with Gasteiger partial charge in [-0.2, -0.15) is 9.97 Å². The van der Waals surface area contributed by atoms with Crippen molar-refractivity contribution in [3.63, 3.8) is 0 Å². The lowest BCUT2D eigenvalue weighted by Crippen LogP contribution is -2.12. The number of nitrogens with zero attached hydrogens (tertiary/aromatic N) is 3. The van der Waals surface area contributed by atoms with Gasteiger partial charge in [0, 0.05) is 13.5 Å². The Bertz CT molecular complexity index is 401. The molecule has 1 aromatic rings. The van der Waals surface area contributed by atoms with Crippen molar-refractivity contribution in [3.8, 4) is 24.4 Å². The summed E-state index contributed by atoms with van der Waals surface area (Å²) in [6, 6.07) is 0.435. The molecule has 1 rings (SSSR count). The van der Waals surface area contributed by atoms with Gasteiger partial charge in [-0.25, -0.2) is 0 Å². The second-order valence-corrected chi connectivity index (χ2v) is 3.44. The molecular weight excluding hydrogens is 220 g/mol. The third kappa shape index (κ3) is 4.55. The zero-order chi connectivity index (χ0) is 12.7. The van der Waals surface area contributed by atoms with Gasteiger partial charge in [-0.05, 0) is 13.8 Å². The number of terminal acetylenes is 1. The maximum absolute atomic E-state index is 5.38. The van der Waals surface area contributed by atoms with Gasteiger partial charge in [-0.3, -0.25) is 0 Å². The van der Waals surface area contributed by atoms with Crippen molar-refractivity contribution in [3.05, 3.63) is 0 Å². The fourth-order valence-corrected chi connectivity index (χ4v) is 0.979. The van der Waals surface area contributed by atoms with Crippen LogP contribution in [0, 0.1) is 12.3 Å². The summed E-state index contributed by atoms with van der Waals surface area (Å²) in [5.41, 5.74) is 0. The number of aromatic nitrogens is 3. The third-order valence-electron chi connectivity index (χ3n) is 1.64. The Labute approximate surface area is 101 Å². The average Bonchev–Trinajstić information content (AvgIpc) is 2.28. The van der Waals surface area contributed by atoms with Crippen LogP contribution in [-0.4, -0.2) is 34.7 Å². The van der Waals surface area contributed by atoms with E-state index in [9.17, 15) is 0 Å². The monoisotopic (exact) mass is 236 g/mol. The van der Waals surface area contributed by atoms with Crippen LogP contribution in [-0.2, 0) is 0 Å². The van der Waals surface area contributed by atoms with E-state index in [4.69, 9.17) is 15.9 Å². The van der Waals surface area contributed by atoms with Crippen molar-refractivity contribution in [2.45, 2.75) is 26.4 Å². The first-order valence-electron chi connectivity index (χ1n) is 5.32. The molecule has 6 heteroatoms. The minimum atomic E-state index is -0.0133. The highest BCUT2D eigenvalue weighted by Crippen LogP contribution is 2.13. The summed E-state index contributed by atoms with van der Waals surface area (Å²) in [6.45, 7) is 4.15. The minimum absolute atomic E-state index is 0.0133. The summed E-state index contributed by atoms with van der Waals surface area (Å²) >= 11 is 0. The van der Waals surface area contributed by atoms with Crippen LogP contribution >= 0.6 is 0 Å². The number of anilines is 1. The van der Waals surface area contributed by atoms with Gasteiger partial charge in [0.25, 0.3) is 0 Å². The van der Waals surface area contributed by atoms with Crippen molar-refractivity contribution >= 4 is 5.95 Å². The molecule has 0 aliphatic rings. The van der Waals surface area contributed by atoms with Gasteiger partial charge in [0.15, 0.2) is 0 Å². The van der Waals surface area contributed by atoms with E-state index in [1.165, 1.54) is 0 Å². The topological polar surface area (TPSA) is 69.2 Å². The number of hydrogen-bond donors (Lipinski definition) is 1. The third-order valence-corrected chi connectivity index (χ3v) is 1.64. The predicted molar refractivity (Wildman–Crippen MR) is 64.1 cm³/mol. The summed E-state index contributed by atoms with van der Waals surface area (Å²) in [4.78, 5) is 12.1. The molecule has 0 saturated heterocycles.